The van der Waals surface area contributed by atoms with E-state index in [4.69, 9.17) is 5.73 Å². The molecule has 0 bridgehead atoms. The van der Waals surface area contributed by atoms with E-state index in [0.717, 1.165) is 12.6 Å². The first-order chi connectivity index (χ1) is 7.94. The third kappa shape index (κ3) is 5.36. The summed E-state index contributed by atoms with van der Waals surface area (Å²) in [5.41, 5.74) is 6.08. The summed E-state index contributed by atoms with van der Waals surface area (Å²) in [5.74, 6) is 0. The first-order valence-corrected chi connectivity index (χ1v) is 7.03. The van der Waals surface area contributed by atoms with Gasteiger partial charge in [-0.2, -0.15) is 0 Å². The van der Waals surface area contributed by atoms with E-state index in [-0.39, 0.29) is 0 Å². The average molecular weight is 241 g/mol. The lowest BCUT2D eigenvalue weighted by Crippen LogP contribution is -2.42. The molecule has 102 valence electrons. The van der Waals surface area contributed by atoms with E-state index in [1.807, 2.05) is 0 Å². The normalized spacial score (nSPS) is 20.1. The molecule has 1 heterocycles. The second-order valence-corrected chi connectivity index (χ2v) is 6.51. The molecule has 1 aliphatic rings. The molecule has 1 aliphatic heterocycles. The zero-order valence-electron chi connectivity index (χ0n) is 12.2. The molecule has 0 spiro atoms. The van der Waals surface area contributed by atoms with Crippen molar-refractivity contribution in [1.82, 2.24) is 9.80 Å². The summed E-state index contributed by atoms with van der Waals surface area (Å²) in [6, 6.07) is 0.798. The number of nitrogens with zero attached hydrogens (tertiary/aromatic N) is 2. The van der Waals surface area contributed by atoms with Crippen LogP contribution in [-0.2, 0) is 0 Å². The molecule has 1 saturated heterocycles. The summed E-state index contributed by atoms with van der Waals surface area (Å²) in [6.45, 7) is 9.13. The van der Waals surface area contributed by atoms with E-state index in [1.165, 1.54) is 45.3 Å². The van der Waals surface area contributed by atoms with Gasteiger partial charge in [0.2, 0.25) is 0 Å². The molecule has 0 atom stereocenters. The summed E-state index contributed by atoms with van der Waals surface area (Å²) < 4.78 is 0. The molecule has 2 N–H and O–H groups in total. The topological polar surface area (TPSA) is 32.5 Å². The molecule has 3 heteroatoms. The minimum Gasteiger partial charge on any atom is -0.330 e. The Morgan fingerprint density at radius 3 is 2.29 bits per heavy atom. The van der Waals surface area contributed by atoms with Gasteiger partial charge in [-0.15, -0.1) is 0 Å². The van der Waals surface area contributed by atoms with Gasteiger partial charge in [0.1, 0.15) is 0 Å². The van der Waals surface area contributed by atoms with E-state index in [0.29, 0.717) is 5.41 Å². The smallest absolute Gasteiger partial charge is 0.0113 e. The van der Waals surface area contributed by atoms with Gasteiger partial charge in [0.05, 0.1) is 0 Å². The molecule has 0 amide bonds. The zero-order chi connectivity index (χ0) is 12.9. The maximum absolute atomic E-state index is 5.76. The van der Waals surface area contributed by atoms with Crippen molar-refractivity contribution in [3.8, 4) is 0 Å². The van der Waals surface area contributed by atoms with Crippen molar-refractivity contribution in [2.75, 3.05) is 40.3 Å². The standard InChI is InChI=1S/C14H31N3/c1-14(2,12-15)8-5-9-17-10-6-13(7-11-17)16(3)4/h13H,5-12,15H2,1-4H3. The Hall–Kier alpha value is -0.120. The van der Waals surface area contributed by atoms with Gasteiger partial charge in [0.15, 0.2) is 0 Å². The average Bonchev–Trinajstić information content (AvgIpc) is 2.29. The van der Waals surface area contributed by atoms with E-state index in [1.54, 1.807) is 0 Å². The van der Waals surface area contributed by atoms with Crippen LogP contribution in [0.4, 0.5) is 0 Å². The predicted octanol–water partition coefficient (Wildman–Crippen LogP) is 1.78. The zero-order valence-corrected chi connectivity index (χ0v) is 12.2. The Balaban J connectivity index is 2.14. The molecule has 0 unspecified atom stereocenters. The Labute approximate surface area is 107 Å². The molecule has 3 nitrogen and oxygen atoms in total. The van der Waals surface area contributed by atoms with Crippen molar-refractivity contribution in [3.63, 3.8) is 0 Å². The number of piperidine rings is 1. The third-order valence-corrected chi connectivity index (χ3v) is 4.17. The number of rotatable bonds is 6. The van der Waals surface area contributed by atoms with Gasteiger partial charge in [0, 0.05) is 6.04 Å². The molecule has 0 aromatic rings. The summed E-state index contributed by atoms with van der Waals surface area (Å²) in [4.78, 5) is 4.99. The number of likely N-dealkylation sites (tertiary alicyclic amines) is 1. The molecule has 0 aliphatic carbocycles. The van der Waals surface area contributed by atoms with Crippen LogP contribution in [0.25, 0.3) is 0 Å². The summed E-state index contributed by atoms with van der Waals surface area (Å²) in [6.07, 6.45) is 5.19. The molecule has 0 radical (unpaired) electrons. The maximum Gasteiger partial charge on any atom is 0.0113 e. The molecule has 0 aromatic heterocycles. The lowest BCUT2D eigenvalue weighted by Gasteiger charge is -2.35. The van der Waals surface area contributed by atoms with E-state index in [9.17, 15) is 0 Å². The molecule has 1 rings (SSSR count). The maximum atomic E-state index is 5.76. The fourth-order valence-electron chi connectivity index (χ4n) is 2.54. The van der Waals surface area contributed by atoms with Gasteiger partial charge in [-0.05, 0) is 71.4 Å². The van der Waals surface area contributed by atoms with Crippen molar-refractivity contribution >= 4 is 0 Å². The Bertz CT molecular complexity index is 206. The Morgan fingerprint density at radius 1 is 1.24 bits per heavy atom. The highest BCUT2D eigenvalue weighted by Crippen LogP contribution is 2.21. The quantitative estimate of drug-likeness (QED) is 0.769. The molecular formula is C14H31N3. The second kappa shape index (κ2) is 6.72. The molecular weight excluding hydrogens is 210 g/mol. The highest BCUT2D eigenvalue weighted by molar-refractivity contribution is 4.77. The monoisotopic (exact) mass is 241 g/mol. The van der Waals surface area contributed by atoms with Gasteiger partial charge < -0.3 is 15.5 Å². The lowest BCUT2D eigenvalue weighted by molar-refractivity contribution is 0.139. The van der Waals surface area contributed by atoms with Crippen LogP contribution in [-0.4, -0.2) is 56.1 Å². The fourth-order valence-corrected chi connectivity index (χ4v) is 2.54. The van der Waals surface area contributed by atoms with E-state index < -0.39 is 0 Å². The number of hydrogen-bond donors (Lipinski definition) is 1. The van der Waals surface area contributed by atoms with Crippen LogP contribution in [0.2, 0.25) is 0 Å². The summed E-state index contributed by atoms with van der Waals surface area (Å²) in [7, 11) is 4.40. The van der Waals surface area contributed by atoms with E-state index >= 15 is 0 Å². The fraction of sp³-hybridized carbons (Fsp3) is 1.00. The first kappa shape index (κ1) is 14.9. The largest absolute Gasteiger partial charge is 0.330 e. The van der Waals surface area contributed by atoms with Crippen LogP contribution in [0.5, 0.6) is 0 Å². The number of nitrogens with two attached hydrogens (primary N) is 1. The summed E-state index contributed by atoms with van der Waals surface area (Å²) >= 11 is 0. The highest BCUT2D eigenvalue weighted by atomic mass is 15.2. The lowest BCUT2D eigenvalue weighted by atomic mass is 9.88. The SMILES string of the molecule is CN(C)C1CCN(CCCC(C)(C)CN)CC1. The molecule has 0 saturated carbocycles. The van der Waals surface area contributed by atoms with E-state index in [2.05, 4.69) is 37.7 Å². The first-order valence-electron chi connectivity index (χ1n) is 7.03. The van der Waals surface area contributed by atoms with Crippen molar-refractivity contribution in [3.05, 3.63) is 0 Å². The minimum absolute atomic E-state index is 0.321. The van der Waals surface area contributed by atoms with Crippen LogP contribution >= 0.6 is 0 Å². The van der Waals surface area contributed by atoms with Crippen molar-refractivity contribution < 1.29 is 0 Å². The third-order valence-electron chi connectivity index (χ3n) is 4.17. The molecule has 17 heavy (non-hydrogen) atoms. The van der Waals surface area contributed by atoms with Crippen LogP contribution in [0.3, 0.4) is 0 Å². The van der Waals surface area contributed by atoms with Gasteiger partial charge in [-0.25, -0.2) is 0 Å². The van der Waals surface area contributed by atoms with Gasteiger partial charge in [0.25, 0.3) is 0 Å². The highest BCUT2D eigenvalue weighted by Gasteiger charge is 2.21. The molecule has 1 fully saturated rings. The Kier molecular flexibility index (Phi) is 5.90. The second-order valence-electron chi connectivity index (χ2n) is 6.51. The minimum atomic E-state index is 0.321. The van der Waals surface area contributed by atoms with Crippen LogP contribution < -0.4 is 5.73 Å². The summed E-state index contributed by atoms with van der Waals surface area (Å²) in [5, 5.41) is 0. The Morgan fingerprint density at radius 2 is 1.82 bits per heavy atom. The van der Waals surface area contributed by atoms with Crippen LogP contribution in [0, 0.1) is 5.41 Å². The van der Waals surface area contributed by atoms with Crippen molar-refractivity contribution in [2.45, 2.75) is 45.6 Å². The predicted molar refractivity (Wildman–Crippen MR) is 75.2 cm³/mol. The molecule has 0 aromatic carbocycles. The van der Waals surface area contributed by atoms with Gasteiger partial charge in [-0.1, -0.05) is 13.8 Å². The van der Waals surface area contributed by atoms with Crippen LogP contribution in [0.15, 0.2) is 0 Å². The van der Waals surface area contributed by atoms with Gasteiger partial charge >= 0.3 is 0 Å². The number of hydrogen-bond acceptors (Lipinski definition) is 3. The van der Waals surface area contributed by atoms with Crippen molar-refractivity contribution in [2.24, 2.45) is 11.1 Å². The van der Waals surface area contributed by atoms with Crippen molar-refractivity contribution in [1.29, 1.82) is 0 Å². The van der Waals surface area contributed by atoms with Crippen LogP contribution in [0.1, 0.15) is 39.5 Å². The van der Waals surface area contributed by atoms with Gasteiger partial charge in [-0.3, -0.25) is 0 Å².